The number of nitrogens with zero attached hydrogens (tertiary/aromatic N) is 3. The van der Waals surface area contributed by atoms with Gasteiger partial charge in [-0.1, -0.05) is 12.1 Å². The smallest absolute Gasteiger partial charge is 0.145 e. The lowest BCUT2D eigenvalue weighted by Crippen LogP contribution is -1.98. The molecule has 0 atom stereocenters. The maximum absolute atomic E-state index is 13.4. The van der Waals surface area contributed by atoms with Crippen LogP contribution in [0.1, 0.15) is 5.69 Å². The summed E-state index contributed by atoms with van der Waals surface area (Å²) in [5.41, 5.74) is 2.63. The van der Waals surface area contributed by atoms with Crippen LogP contribution in [-0.2, 0) is 16.5 Å². The van der Waals surface area contributed by atoms with Crippen molar-refractivity contribution in [3.8, 4) is 16.9 Å². The summed E-state index contributed by atoms with van der Waals surface area (Å²) in [7, 11) is -2.50. The van der Waals surface area contributed by atoms with Gasteiger partial charge in [0.2, 0.25) is 0 Å². The molecule has 0 saturated heterocycles. The van der Waals surface area contributed by atoms with Crippen molar-refractivity contribution in [1.29, 1.82) is 0 Å². The van der Waals surface area contributed by atoms with Crippen LogP contribution in [0.4, 0.5) is 4.39 Å². The summed E-state index contributed by atoms with van der Waals surface area (Å²) >= 11 is 0. The Labute approximate surface area is 128 Å². The Morgan fingerprint density at radius 1 is 1.14 bits per heavy atom. The van der Waals surface area contributed by atoms with Crippen LogP contribution >= 0.6 is 0 Å². The van der Waals surface area contributed by atoms with Gasteiger partial charge in [0.25, 0.3) is 0 Å². The van der Waals surface area contributed by atoms with Gasteiger partial charge in [0.05, 0.1) is 41.5 Å². The van der Waals surface area contributed by atoms with Crippen molar-refractivity contribution in [2.75, 3.05) is 0 Å². The molecule has 0 amide bonds. The van der Waals surface area contributed by atoms with Gasteiger partial charge in [-0.25, -0.2) is 17.8 Å². The number of hydrogen-bond acceptors (Lipinski definition) is 4. The van der Waals surface area contributed by atoms with E-state index in [1.165, 1.54) is 12.1 Å². The van der Waals surface area contributed by atoms with E-state index in [9.17, 15) is 12.8 Å². The van der Waals surface area contributed by atoms with Crippen LogP contribution in [0.15, 0.2) is 55.1 Å². The average molecular weight is 317 g/mol. The van der Waals surface area contributed by atoms with E-state index in [0.717, 1.165) is 11.4 Å². The first-order valence-corrected chi connectivity index (χ1v) is 7.85. The van der Waals surface area contributed by atoms with Crippen molar-refractivity contribution in [3.63, 3.8) is 0 Å². The number of pyridine rings is 1. The second kappa shape index (κ2) is 6.07. The Morgan fingerprint density at radius 3 is 2.68 bits per heavy atom. The lowest BCUT2D eigenvalue weighted by Gasteiger charge is -2.08. The topological polar surface area (TPSA) is 64.8 Å². The third-order valence-corrected chi connectivity index (χ3v) is 3.72. The molecule has 0 bridgehead atoms. The van der Waals surface area contributed by atoms with Crippen LogP contribution in [0.5, 0.6) is 0 Å². The summed E-state index contributed by atoms with van der Waals surface area (Å²) in [4.78, 5) is 8.21. The zero-order valence-electron chi connectivity index (χ0n) is 11.4. The van der Waals surface area contributed by atoms with E-state index < -0.39 is 10.7 Å². The van der Waals surface area contributed by atoms with E-state index in [2.05, 4.69) is 9.97 Å². The molecule has 2 heterocycles. The van der Waals surface area contributed by atoms with Gasteiger partial charge in [0.15, 0.2) is 0 Å². The molecule has 0 N–H and O–H groups in total. The van der Waals surface area contributed by atoms with Gasteiger partial charge in [-0.15, -0.1) is 0 Å². The second-order valence-corrected chi connectivity index (χ2v) is 5.64. The van der Waals surface area contributed by atoms with Crippen LogP contribution in [0.3, 0.4) is 0 Å². The molecule has 0 saturated carbocycles. The Balaban J connectivity index is 1.98. The van der Waals surface area contributed by atoms with Gasteiger partial charge >= 0.3 is 0 Å². The number of imidazole rings is 1. The number of thiol groups is 1. The van der Waals surface area contributed by atoms with Crippen LogP contribution in [-0.4, -0.2) is 23.0 Å². The van der Waals surface area contributed by atoms with Crippen LogP contribution in [0.25, 0.3) is 16.9 Å². The van der Waals surface area contributed by atoms with E-state index in [1.807, 2.05) is 0 Å². The van der Waals surface area contributed by atoms with Gasteiger partial charge in [-0.05, 0) is 24.3 Å². The predicted molar refractivity (Wildman–Crippen MR) is 80.8 cm³/mol. The quantitative estimate of drug-likeness (QED) is 0.749. The highest BCUT2D eigenvalue weighted by molar-refractivity contribution is 7.71. The van der Waals surface area contributed by atoms with Crippen molar-refractivity contribution in [1.82, 2.24) is 14.5 Å². The Kier molecular flexibility index (Phi) is 3.97. The van der Waals surface area contributed by atoms with Crippen molar-refractivity contribution in [3.05, 3.63) is 66.6 Å². The molecule has 1 aromatic carbocycles. The summed E-state index contributed by atoms with van der Waals surface area (Å²) in [6.07, 6.45) is 4.81. The molecule has 2 aromatic heterocycles. The molecule has 0 spiro atoms. The molecule has 0 unspecified atom stereocenters. The van der Waals surface area contributed by atoms with Gasteiger partial charge in [0, 0.05) is 5.56 Å². The predicted octanol–water partition coefficient (Wildman–Crippen LogP) is 2.18. The summed E-state index contributed by atoms with van der Waals surface area (Å²) in [6.45, 7) is 0. The minimum atomic E-state index is -2.50. The average Bonchev–Trinajstić information content (AvgIpc) is 2.97. The SMILES string of the molecule is O=[SH](=O)Cc1ccc(-n2cncc2-c2cccc(F)c2)cn1. The lowest BCUT2D eigenvalue weighted by atomic mass is 10.1. The molecular weight excluding hydrogens is 305 g/mol. The molecule has 0 aliphatic heterocycles. The van der Waals surface area contributed by atoms with Gasteiger partial charge in [-0.2, -0.15) is 0 Å². The second-order valence-electron chi connectivity index (χ2n) is 4.66. The molecule has 5 nitrogen and oxygen atoms in total. The normalized spacial score (nSPS) is 11.0. The fourth-order valence-corrected chi connectivity index (χ4v) is 2.60. The van der Waals surface area contributed by atoms with E-state index in [-0.39, 0.29) is 11.6 Å². The van der Waals surface area contributed by atoms with Crippen LogP contribution < -0.4 is 0 Å². The highest BCUT2D eigenvalue weighted by Crippen LogP contribution is 2.23. The molecule has 0 aliphatic carbocycles. The highest BCUT2D eigenvalue weighted by Gasteiger charge is 2.08. The molecule has 3 rings (SSSR count). The summed E-state index contributed by atoms with van der Waals surface area (Å²) in [6, 6.07) is 9.64. The third-order valence-electron chi connectivity index (χ3n) is 3.14. The zero-order valence-corrected chi connectivity index (χ0v) is 12.3. The third kappa shape index (κ3) is 3.04. The minimum Gasteiger partial charge on any atom is -0.297 e. The van der Waals surface area contributed by atoms with E-state index in [1.54, 1.807) is 47.6 Å². The summed E-state index contributed by atoms with van der Waals surface area (Å²) < 4.78 is 36.5. The highest BCUT2D eigenvalue weighted by atomic mass is 32.2. The van der Waals surface area contributed by atoms with Crippen molar-refractivity contribution < 1.29 is 12.8 Å². The zero-order chi connectivity index (χ0) is 15.5. The number of halogens is 1. The standard InChI is InChI=1S/C15H12FN3O2S/c16-12-3-1-2-11(6-12)15-8-17-10-19(15)14-5-4-13(18-7-14)9-22(20)21/h1-8,10,22H,9H2. The fraction of sp³-hybridized carbons (Fsp3) is 0.0667. The van der Waals surface area contributed by atoms with Crippen LogP contribution in [0, 0.1) is 5.82 Å². The molecule has 3 aromatic rings. The van der Waals surface area contributed by atoms with E-state index in [4.69, 9.17) is 0 Å². The molecule has 22 heavy (non-hydrogen) atoms. The minimum absolute atomic E-state index is 0.0870. The molecule has 0 radical (unpaired) electrons. The molecule has 0 aliphatic rings. The molecule has 0 fully saturated rings. The van der Waals surface area contributed by atoms with Gasteiger partial charge in [0.1, 0.15) is 16.5 Å². The van der Waals surface area contributed by atoms with Crippen LogP contribution in [0.2, 0.25) is 0 Å². The summed E-state index contributed by atoms with van der Waals surface area (Å²) in [5.74, 6) is -0.408. The maximum Gasteiger partial charge on any atom is 0.145 e. The Bertz CT molecular complexity index is 865. The number of rotatable bonds is 4. The number of benzene rings is 1. The first-order chi connectivity index (χ1) is 10.6. The van der Waals surface area contributed by atoms with Crippen molar-refractivity contribution in [2.45, 2.75) is 5.75 Å². The molecule has 7 heteroatoms. The van der Waals surface area contributed by atoms with Crippen molar-refractivity contribution in [2.24, 2.45) is 0 Å². The number of aromatic nitrogens is 3. The van der Waals surface area contributed by atoms with Crippen molar-refractivity contribution >= 4 is 10.7 Å². The fourth-order valence-electron chi connectivity index (χ4n) is 2.15. The Hall–Kier alpha value is -2.54. The monoisotopic (exact) mass is 317 g/mol. The molecule has 112 valence electrons. The number of hydrogen-bond donors (Lipinski definition) is 1. The summed E-state index contributed by atoms with van der Waals surface area (Å²) in [5, 5.41) is 0. The first kappa shape index (κ1) is 14.4. The Morgan fingerprint density at radius 2 is 2.00 bits per heavy atom. The first-order valence-electron chi connectivity index (χ1n) is 6.49. The van der Waals surface area contributed by atoms with Gasteiger partial charge < -0.3 is 0 Å². The largest absolute Gasteiger partial charge is 0.297 e. The lowest BCUT2D eigenvalue weighted by molar-refractivity contribution is 0.613. The molecular formula is C15H12FN3O2S. The van der Waals surface area contributed by atoms with Gasteiger partial charge in [-0.3, -0.25) is 9.55 Å². The van der Waals surface area contributed by atoms with E-state index >= 15 is 0 Å². The maximum atomic E-state index is 13.4. The van der Waals surface area contributed by atoms with E-state index in [0.29, 0.717) is 11.3 Å².